The second-order valence-electron chi connectivity index (χ2n) is 9.06. The zero-order valence-electron chi connectivity index (χ0n) is 13.0. The molecule has 5 rings (SSSR count). The fraction of sp³-hybridized carbons (Fsp3) is 0.882. The highest BCUT2D eigenvalue weighted by Gasteiger charge is 2.63. The Bertz CT molecular complexity index is 513. The van der Waals surface area contributed by atoms with Gasteiger partial charge in [-0.25, -0.2) is 0 Å². The second kappa shape index (κ2) is 4.04. The van der Waals surface area contributed by atoms with Crippen LogP contribution in [0.2, 0.25) is 0 Å². The van der Waals surface area contributed by atoms with Gasteiger partial charge in [0, 0.05) is 18.5 Å². The number of hydrogen-bond acceptors (Lipinski definition) is 2. The lowest BCUT2D eigenvalue weighted by Crippen LogP contribution is -2.65. The van der Waals surface area contributed by atoms with E-state index in [9.17, 15) is 9.59 Å². The van der Waals surface area contributed by atoms with Crippen LogP contribution in [0.15, 0.2) is 0 Å². The maximum Gasteiger partial charge on any atom is 0.227 e. The van der Waals surface area contributed by atoms with Crippen LogP contribution in [0, 0.1) is 22.7 Å². The van der Waals surface area contributed by atoms with Crippen molar-refractivity contribution in [3.8, 4) is 0 Å². The van der Waals surface area contributed by atoms with E-state index in [1.807, 2.05) is 0 Å². The van der Waals surface area contributed by atoms with Crippen LogP contribution in [0.25, 0.3) is 0 Å². The molecule has 1 saturated heterocycles. The fourth-order valence-electron chi connectivity index (χ4n) is 7.01. The molecule has 0 aromatic carbocycles. The lowest BCUT2D eigenvalue weighted by atomic mass is 9.42. The summed E-state index contributed by atoms with van der Waals surface area (Å²) in [5, 5.41) is -0.340. The van der Waals surface area contributed by atoms with Gasteiger partial charge in [-0.05, 0) is 66.9 Å². The van der Waals surface area contributed by atoms with Crippen molar-refractivity contribution in [1.82, 2.24) is 4.90 Å². The highest BCUT2D eigenvalue weighted by Crippen LogP contribution is 2.68. The van der Waals surface area contributed by atoms with Gasteiger partial charge in [0.2, 0.25) is 11.1 Å². The van der Waals surface area contributed by atoms with Crippen LogP contribution in [0.3, 0.4) is 0 Å². The summed E-state index contributed by atoms with van der Waals surface area (Å²) < 4.78 is 0. The maximum absolute atomic E-state index is 12.5. The zero-order valence-corrected chi connectivity index (χ0v) is 13.7. The molecule has 21 heavy (non-hydrogen) atoms. The van der Waals surface area contributed by atoms with Crippen molar-refractivity contribution in [3.63, 3.8) is 0 Å². The van der Waals surface area contributed by atoms with Gasteiger partial charge in [0.05, 0.1) is 5.92 Å². The molecule has 4 heteroatoms. The molecule has 1 amide bonds. The van der Waals surface area contributed by atoms with E-state index >= 15 is 0 Å². The van der Waals surface area contributed by atoms with Gasteiger partial charge < -0.3 is 4.90 Å². The molecule has 0 spiro atoms. The average Bonchev–Trinajstić information content (AvgIpc) is 2.67. The molecule has 0 aromatic heterocycles. The Labute approximate surface area is 131 Å². The highest BCUT2D eigenvalue weighted by atomic mass is 35.5. The second-order valence-corrected chi connectivity index (χ2v) is 9.44. The number of carbonyl (C=O) groups excluding carboxylic acids is 2. The quantitative estimate of drug-likeness (QED) is 0.734. The summed E-state index contributed by atoms with van der Waals surface area (Å²) in [5.41, 5.74) is 0.788. The Morgan fingerprint density at radius 3 is 2.24 bits per heavy atom. The van der Waals surface area contributed by atoms with Crippen molar-refractivity contribution in [2.24, 2.45) is 22.7 Å². The van der Waals surface area contributed by atoms with Crippen molar-refractivity contribution in [2.75, 3.05) is 6.54 Å². The van der Waals surface area contributed by atoms with Gasteiger partial charge in [-0.2, -0.15) is 0 Å². The number of likely N-dealkylation sites (tertiary alicyclic amines) is 1. The Hall–Kier alpha value is -0.570. The first-order valence-electron chi connectivity index (χ1n) is 8.23. The molecule has 1 heterocycles. The van der Waals surface area contributed by atoms with Gasteiger partial charge in [0.15, 0.2) is 0 Å². The predicted molar refractivity (Wildman–Crippen MR) is 80.8 cm³/mol. The van der Waals surface area contributed by atoms with E-state index in [0.29, 0.717) is 23.8 Å². The average molecular weight is 310 g/mol. The van der Waals surface area contributed by atoms with E-state index < -0.39 is 0 Å². The summed E-state index contributed by atoms with van der Waals surface area (Å²) in [5.74, 6) is 0.630. The molecule has 3 nitrogen and oxygen atoms in total. The van der Waals surface area contributed by atoms with Crippen molar-refractivity contribution < 1.29 is 9.59 Å². The fourth-order valence-corrected chi connectivity index (χ4v) is 7.15. The number of carbonyl (C=O) groups is 2. The minimum Gasteiger partial charge on any atom is -0.336 e. The third kappa shape index (κ3) is 1.99. The van der Waals surface area contributed by atoms with Gasteiger partial charge in [-0.3, -0.25) is 9.59 Å². The first kappa shape index (κ1) is 14.0. The van der Waals surface area contributed by atoms with Gasteiger partial charge in [-0.1, -0.05) is 13.8 Å². The smallest absolute Gasteiger partial charge is 0.227 e. The Kier molecular flexibility index (Phi) is 2.70. The Morgan fingerprint density at radius 2 is 1.76 bits per heavy atom. The van der Waals surface area contributed by atoms with Gasteiger partial charge in [-0.15, -0.1) is 0 Å². The number of nitrogens with zero attached hydrogens (tertiary/aromatic N) is 1. The summed E-state index contributed by atoms with van der Waals surface area (Å²) in [4.78, 5) is 26.1. The molecular formula is C17H24ClNO2. The van der Waals surface area contributed by atoms with Crippen LogP contribution in [-0.4, -0.2) is 28.1 Å². The first-order valence-corrected chi connectivity index (χ1v) is 8.60. The summed E-state index contributed by atoms with van der Waals surface area (Å²) in [6.45, 7) is 5.38. The number of amides is 1. The van der Waals surface area contributed by atoms with Crippen LogP contribution in [0.1, 0.15) is 58.8 Å². The molecule has 0 N–H and O–H groups in total. The maximum atomic E-state index is 12.5. The number of hydrogen-bond donors (Lipinski definition) is 0. The van der Waals surface area contributed by atoms with E-state index in [2.05, 4.69) is 18.7 Å². The summed E-state index contributed by atoms with van der Waals surface area (Å²) >= 11 is 5.66. The summed E-state index contributed by atoms with van der Waals surface area (Å²) in [6, 6.07) is 0. The van der Waals surface area contributed by atoms with Gasteiger partial charge >= 0.3 is 0 Å². The van der Waals surface area contributed by atoms with Crippen molar-refractivity contribution in [2.45, 2.75) is 64.3 Å². The third-order valence-corrected chi connectivity index (χ3v) is 6.92. The summed E-state index contributed by atoms with van der Waals surface area (Å²) in [7, 11) is 0. The molecule has 4 bridgehead atoms. The monoisotopic (exact) mass is 309 g/mol. The molecule has 0 unspecified atom stereocenters. The molecule has 1 aliphatic heterocycles. The van der Waals surface area contributed by atoms with Gasteiger partial charge in [0.25, 0.3) is 0 Å². The zero-order chi connectivity index (χ0) is 15.0. The Balaban J connectivity index is 1.68. The molecule has 4 aliphatic carbocycles. The van der Waals surface area contributed by atoms with Crippen LogP contribution in [0.5, 0.6) is 0 Å². The van der Waals surface area contributed by atoms with E-state index in [0.717, 1.165) is 25.2 Å². The molecule has 5 fully saturated rings. The number of halogens is 1. The predicted octanol–water partition coefficient (Wildman–Crippen LogP) is 3.35. The van der Waals surface area contributed by atoms with E-state index in [4.69, 9.17) is 11.6 Å². The minimum atomic E-state index is -0.340. The van der Waals surface area contributed by atoms with E-state index in [1.54, 1.807) is 0 Å². The molecule has 0 aromatic rings. The SMILES string of the molecule is C[C@]12CC3CC(N4C[C@H](C(=O)Cl)CC4=O)(C1)C[C@](C)(C3)C2. The minimum absolute atomic E-state index is 0.0150. The molecule has 3 atom stereocenters. The number of rotatable bonds is 2. The van der Waals surface area contributed by atoms with Crippen LogP contribution in [0.4, 0.5) is 0 Å². The largest absolute Gasteiger partial charge is 0.336 e. The van der Waals surface area contributed by atoms with Crippen LogP contribution >= 0.6 is 11.6 Å². The molecular weight excluding hydrogens is 286 g/mol. The van der Waals surface area contributed by atoms with Crippen molar-refractivity contribution in [3.05, 3.63) is 0 Å². The first-order chi connectivity index (χ1) is 9.73. The Morgan fingerprint density at radius 1 is 1.14 bits per heavy atom. The highest BCUT2D eigenvalue weighted by molar-refractivity contribution is 6.64. The van der Waals surface area contributed by atoms with Crippen molar-refractivity contribution >= 4 is 22.8 Å². The topological polar surface area (TPSA) is 37.4 Å². The summed E-state index contributed by atoms with van der Waals surface area (Å²) in [6.07, 6.45) is 7.67. The van der Waals surface area contributed by atoms with Gasteiger partial charge in [0.1, 0.15) is 0 Å². The van der Waals surface area contributed by atoms with E-state index in [-0.39, 0.29) is 22.6 Å². The standard InChI is InChI=1S/C17H24ClNO2/c1-15-4-11-5-16(2,8-15)10-17(6-11,9-15)19-7-12(14(18)21)3-13(19)20/h11-12H,3-10H2,1-2H3/t11?,12-,15-,16-,17?/m1/s1. The molecule has 0 radical (unpaired) electrons. The lowest BCUT2D eigenvalue weighted by Gasteiger charge is -2.67. The molecule has 116 valence electrons. The van der Waals surface area contributed by atoms with E-state index in [1.165, 1.54) is 19.3 Å². The normalized spacial score (nSPS) is 51.8. The third-order valence-electron chi connectivity index (χ3n) is 6.62. The molecule has 4 saturated carbocycles. The molecule has 5 aliphatic rings. The van der Waals surface area contributed by atoms with Crippen LogP contribution < -0.4 is 0 Å². The van der Waals surface area contributed by atoms with Crippen LogP contribution in [-0.2, 0) is 9.59 Å². The lowest BCUT2D eigenvalue weighted by molar-refractivity contribution is -0.170. The van der Waals surface area contributed by atoms with Crippen molar-refractivity contribution in [1.29, 1.82) is 0 Å².